The van der Waals surface area contributed by atoms with E-state index in [2.05, 4.69) is 13.8 Å². The molecule has 0 aromatic carbocycles. The third-order valence-corrected chi connectivity index (χ3v) is 7.75. The Hall–Kier alpha value is 1.11. The van der Waals surface area contributed by atoms with Gasteiger partial charge in [0.1, 0.15) is 0 Å². The molecule has 0 fully saturated rings. The summed E-state index contributed by atoms with van der Waals surface area (Å²) in [5.74, 6) is 0.0272. The molecule has 0 spiro atoms. The summed E-state index contributed by atoms with van der Waals surface area (Å²) >= 11 is 0. The smallest absolute Gasteiger partial charge is 0.305 e. The standard InChI is InChI=1S/C34H68O2.K/c1-3-5-7-9-11-13-15-17-19-20-22-24-26-28-30-32-34(35)36-33-31-29-27-25-23-21-18-16-14-12-10-8-6-4-2;/h3-33H2,1-2H3;. The van der Waals surface area contributed by atoms with E-state index in [1.807, 2.05) is 0 Å². The quantitative estimate of drug-likeness (QED) is 0.0490. The van der Waals surface area contributed by atoms with E-state index in [0.29, 0.717) is 13.0 Å². The first-order valence-corrected chi connectivity index (χ1v) is 17.0. The van der Waals surface area contributed by atoms with Crippen LogP contribution in [0.1, 0.15) is 206 Å². The van der Waals surface area contributed by atoms with Crippen LogP contribution in [0.15, 0.2) is 0 Å². The van der Waals surface area contributed by atoms with Gasteiger partial charge in [0.2, 0.25) is 0 Å². The van der Waals surface area contributed by atoms with E-state index in [0.717, 1.165) is 12.8 Å². The second kappa shape index (κ2) is 37.1. The Morgan fingerprint density at radius 3 is 0.919 bits per heavy atom. The summed E-state index contributed by atoms with van der Waals surface area (Å²) in [6, 6.07) is 0. The monoisotopic (exact) mass is 547 g/mol. The molecule has 0 atom stereocenters. The van der Waals surface area contributed by atoms with Crippen LogP contribution in [0.5, 0.6) is 0 Å². The maximum Gasteiger partial charge on any atom is 0.305 e. The summed E-state index contributed by atoms with van der Waals surface area (Å²) in [5, 5.41) is 0. The predicted octanol–water partition coefficient (Wildman–Crippen LogP) is 11.9. The zero-order chi connectivity index (χ0) is 26.2. The summed E-state index contributed by atoms with van der Waals surface area (Å²) in [5.41, 5.74) is 0. The van der Waals surface area contributed by atoms with Crippen molar-refractivity contribution in [3.63, 3.8) is 0 Å². The van der Waals surface area contributed by atoms with Crippen LogP contribution < -0.4 is 0 Å². The van der Waals surface area contributed by atoms with Gasteiger partial charge in [0.15, 0.2) is 0 Å². The van der Waals surface area contributed by atoms with Crippen LogP contribution in [0.2, 0.25) is 0 Å². The van der Waals surface area contributed by atoms with Crippen LogP contribution in [0, 0.1) is 0 Å². The largest absolute Gasteiger partial charge is 0.466 e. The fourth-order valence-corrected chi connectivity index (χ4v) is 5.20. The molecule has 0 aliphatic carbocycles. The van der Waals surface area contributed by atoms with Crippen LogP contribution in [-0.4, -0.2) is 64.0 Å². The Balaban J connectivity index is 0. The zero-order valence-electron chi connectivity index (χ0n) is 26.2. The van der Waals surface area contributed by atoms with Crippen molar-refractivity contribution in [3.05, 3.63) is 0 Å². The number of ether oxygens (including phenoxy) is 1. The van der Waals surface area contributed by atoms with Crippen molar-refractivity contribution in [2.45, 2.75) is 206 Å². The van der Waals surface area contributed by atoms with E-state index < -0.39 is 0 Å². The van der Waals surface area contributed by atoms with Gasteiger partial charge < -0.3 is 4.74 Å². The Labute approximate surface area is 277 Å². The number of rotatable bonds is 31. The average Bonchev–Trinajstić information content (AvgIpc) is 2.88. The van der Waals surface area contributed by atoms with Gasteiger partial charge in [-0.25, -0.2) is 0 Å². The molecule has 0 bridgehead atoms. The van der Waals surface area contributed by atoms with Crippen LogP contribution in [0.4, 0.5) is 0 Å². The molecule has 2 nitrogen and oxygen atoms in total. The molecule has 3 heteroatoms. The molecule has 0 amide bonds. The normalized spacial score (nSPS) is 11.0. The fraction of sp³-hybridized carbons (Fsp3) is 0.971. The molecule has 37 heavy (non-hydrogen) atoms. The van der Waals surface area contributed by atoms with Gasteiger partial charge in [0.25, 0.3) is 0 Å². The average molecular weight is 548 g/mol. The van der Waals surface area contributed by atoms with Gasteiger partial charge in [-0.15, -0.1) is 0 Å². The van der Waals surface area contributed by atoms with Gasteiger partial charge in [0, 0.05) is 57.8 Å². The molecule has 217 valence electrons. The topological polar surface area (TPSA) is 26.3 Å². The molecule has 0 aromatic heterocycles. The molecule has 0 aromatic rings. The maximum absolute atomic E-state index is 11.9. The van der Waals surface area contributed by atoms with E-state index in [9.17, 15) is 4.79 Å². The minimum atomic E-state index is 0. The number of esters is 1. The van der Waals surface area contributed by atoms with Gasteiger partial charge in [0.05, 0.1) is 6.61 Å². The molecule has 0 heterocycles. The summed E-state index contributed by atoms with van der Waals surface area (Å²) in [7, 11) is 0. The van der Waals surface area contributed by atoms with Crippen LogP contribution in [0.25, 0.3) is 0 Å². The first-order valence-electron chi connectivity index (χ1n) is 17.0. The molecule has 0 unspecified atom stereocenters. The second-order valence-electron chi connectivity index (χ2n) is 11.5. The number of hydrogen-bond donors (Lipinski definition) is 0. The van der Waals surface area contributed by atoms with E-state index in [4.69, 9.17) is 4.74 Å². The first kappa shape index (κ1) is 40.2. The van der Waals surface area contributed by atoms with E-state index in [-0.39, 0.29) is 57.4 Å². The van der Waals surface area contributed by atoms with Crippen molar-refractivity contribution in [3.8, 4) is 0 Å². The molecule has 0 saturated carbocycles. The first-order chi connectivity index (χ1) is 17.8. The molecule has 0 rings (SSSR count). The van der Waals surface area contributed by atoms with Crippen LogP contribution in [-0.2, 0) is 9.53 Å². The molecular formula is C34H68KO2. The van der Waals surface area contributed by atoms with Gasteiger partial charge >= 0.3 is 5.97 Å². The summed E-state index contributed by atoms with van der Waals surface area (Å²) < 4.78 is 5.43. The Kier molecular flexibility index (Phi) is 40.4. The molecule has 1 radical (unpaired) electrons. The Morgan fingerprint density at radius 2 is 0.622 bits per heavy atom. The summed E-state index contributed by atoms with van der Waals surface area (Å²) in [4.78, 5) is 11.9. The van der Waals surface area contributed by atoms with Crippen molar-refractivity contribution >= 4 is 57.4 Å². The zero-order valence-corrected chi connectivity index (χ0v) is 29.4. The van der Waals surface area contributed by atoms with Gasteiger partial charge in [-0.3, -0.25) is 4.79 Å². The number of carbonyl (C=O) groups excluding carboxylic acids is 1. The Morgan fingerprint density at radius 1 is 0.378 bits per heavy atom. The van der Waals surface area contributed by atoms with Crippen LogP contribution in [0.3, 0.4) is 0 Å². The minimum absolute atomic E-state index is 0. The van der Waals surface area contributed by atoms with E-state index in [1.165, 1.54) is 173 Å². The van der Waals surface area contributed by atoms with Gasteiger partial charge in [-0.1, -0.05) is 187 Å². The third-order valence-electron chi connectivity index (χ3n) is 7.75. The summed E-state index contributed by atoms with van der Waals surface area (Å²) in [6.45, 7) is 5.21. The van der Waals surface area contributed by atoms with Crippen molar-refractivity contribution in [2.24, 2.45) is 0 Å². The van der Waals surface area contributed by atoms with Gasteiger partial charge in [-0.05, 0) is 12.8 Å². The third kappa shape index (κ3) is 37.1. The maximum atomic E-state index is 11.9. The van der Waals surface area contributed by atoms with Gasteiger partial charge in [-0.2, -0.15) is 0 Å². The molecular weight excluding hydrogens is 479 g/mol. The second-order valence-corrected chi connectivity index (χ2v) is 11.5. The molecule has 0 saturated heterocycles. The molecule has 0 aliphatic rings. The molecule has 0 aliphatic heterocycles. The number of carbonyl (C=O) groups is 1. The van der Waals surface area contributed by atoms with Crippen molar-refractivity contribution in [1.29, 1.82) is 0 Å². The number of hydrogen-bond acceptors (Lipinski definition) is 2. The number of unbranched alkanes of at least 4 members (excludes halogenated alkanes) is 27. The van der Waals surface area contributed by atoms with Crippen molar-refractivity contribution in [2.75, 3.05) is 6.61 Å². The summed E-state index contributed by atoms with van der Waals surface area (Å²) in [6.07, 6.45) is 40.1. The fourth-order valence-electron chi connectivity index (χ4n) is 5.20. The van der Waals surface area contributed by atoms with Crippen LogP contribution >= 0.6 is 0 Å². The SMILES string of the molecule is CCCCCCCCCCCCCCCCCC(=O)OCCCCCCCCCCCCCCCC.[K]. The van der Waals surface area contributed by atoms with E-state index >= 15 is 0 Å². The van der Waals surface area contributed by atoms with Crippen molar-refractivity contribution < 1.29 is 9.53 Å². The van der Waals surface area contributed by atoms with Crippen molar-refractivity contribution in [1.82, 2.24) is 0 Å². The predicted molar refractivity (Wildman–Crippen MR) is 167 cm³/mol. The minimum Gasteiger partial charge on any atom is -0.466 e. The molecule has 0 N–H and O–H groups in total. The van der Waals surface area contributed by atoms with E-state index in [1.54, 1.807) is 0 Å². The Bertz CT molecular complexity index is 377.